The first-order valence-electron chi connectivity index (χ1n) is 3.25. The summed E-state index contributed by atoms with van der Waals surface area (Å²) in [5.74, 6) is -3.35. The summed E-state index contributed by atoms with van der Waals surface area (Å²) in [6.07, 6.45) is 0.640. The third-order valence-electron chi connectivity index (χ3n) is 1.19. The van der Waals surface area contributed by atoms with Crippen molar-refractivity contribution < 1.29 is 24.5 Å². The highest BCUT2D eigenvalue weighted by molar-refractivity contribution is 5.77. The zero-order valence-electron chi connectivity index (χ0n) is 6.40. The quantitative estimate of drug-likeness (QED) is 0.566. The molecule has 0 amide bonds. The van der Waals surface area contributed by atoms with Crippen molar-refractivity contribution in [1.29, 1.82) is 0 Å². The molecule has 0 saturated carbocycles. The van der Waals surface area contributed by atoms with Gasteiger partial charge in [-0.1, -0.05) is 6.58 Å². The predicted molar refractivity (Wildman–Crippen MR) is 39.5 cm³/mol. The summed E-state index contributed by atoms with van der Waals surface area (Å²) < 4.78 is 4.58. The van der Waals surface area contributed by atoms with Crippen LogP contribution < -0.4 is 0 Å². The normalized spacial score (nSPS) is 11.7. The molecule has 0 fully saturated rings. The topological polar surface area (TPSA) is 83.8 Å². The van der Waals surface area contributed by atoms with Crippen LogP contribution in [0.3, 0.4) is 0 Å². The summed E-state index contributed by atoms with van der Waals surface area (Å²) >= 11 is 0. The van der Waals surface area contributed by atoms with Crippen LogP contribution in [0.1, 0.15) is 6.42 Å². The van der Waals surface area contributed by atoms with Gasteiger partial charge in [-0.25, -0.2) is 0 Å². The third-order valence-corrected chi connectivity index (χ3v) is 1.19. The van der Waals surface area contributed by atoms with Crippen LogP contribution in [-0.4, -0.2) is 28.8 Å². The van der Waals surface area contributed by atoms with Gasteiger partial charge in [0.05, 0.1) is 12.7 Å². The summed E-state index contributed by atoms with van der Waals surface area (Å²) in [6, 6.07) is 0. The van der Waals surface area contributed by atoms with E-state index in [9.17, 15) is 9.59 Å². The average molecular weight is 174 g/mol. The zero-order valence-corrected chi connectivity index (χ0v) is 6.40. The molecular weight excluding hydrogens is 164 g/mol. The van der Waals surface area contributed by atoms with E-state index < -0.39 is 24.3 Å². The van der Waals surface area contributed by atoms with Gasteiger partial charge in [-0.2, -0.15) is 0 Å². The van der Waals surface area contributed by atoms with Gasteiger partial charge in [0.15, 0.2) is 0 Å². The van der Waals surface area contributed by atoms with Crippen LogP contribution in [0.15, 0.2) is 12.8 Å². The second kappa shape index (κ2) is 5.17. The third kappa shape index (κ3) is 4.32. The summed E-state index contributed by atoms with van der Waals surface area (Å²) in [4.78, 5) is 20.5. The largest absolute Gasteiger partial charge is 0.501 e. The van der Waals surface area contributed by atoms with Crippen molar-refractivity contribution in [3.05, 3.63) is 12.8 Å². The molecule has 1 atom stereocenters. The second-order valence-corrected chi connectivity index (χ2v) is 2.13. The number of hydrogen-bond acceptors (Lipinski definition) is 3. The van der Waals surface area contributed by atoms with Gasteiger partial charge in [0.25, 0.3) is 0 Å². The number of aliphatic carboxylic acids is 2. The van der Waals surface area contributed by atoms with Gasteiger partial charge in [0, 0.05) is 0 Å². The lowest BCUT2D eigenvalue weighted by Gasteiger charge is -2.07. The van der Waals surface area contributed by atoms with Crippen molar-refractivity contribution in [2.45, 2.75) is 6.42 Å². The number of carboxylic acids is 2. The molecule has 0 radical (unpaired) electrons. The van der Waals surface area contributed by atoms with Crippen LogP contribution in [0.25, 0.3) is 0 Å². The van der Waals surface area contributed by atoms with Crippen LogP contribution >= 0.6 is 0 Å². The molecule has 0 bridgehead atoms. The Balaban J connectivity index is 3.94. The van der Waals surface area contributed by atoms with E-state index in [0.29, 0.717) is 0 Å². The molecule has 0 aliphatic carbocycles. The fourth-order valence-corrected chi connectivity index (χ4v) is 0.613. The van der Waals surface area contributed by atoms with Crippen molar-refractivity contribution in [2.24, 2.45) is 5.92 Å². The highest BCUT2D eigenvalue weighted by Gasteiger charge is 2.20. The molecule has 0 saturated heterocycles. The molecular formula is C7H10O5. The minimum absolute atomic E-state index is 0.162. The van der Waals surface area contributed by atoms with E-state index in [2.05, 4.69) is 11.3 Å². The van der Waals surface area contributed by atoms with Crippen LogP contribution in [0.4, 0.5) is 0 Å². The Labute approximate surface area is 69.3 Å². The Bertz CT molecular complexity index is 186. The van der Waals surface area contributed by atoms with Gasteiger partial charge in [0.2, 0.25) is 0 Å². The van der Waals surface area contributed by atoms with Crippen molar-refractivity contribution in [2.75, 3.05) is 6.61 Å². The molecule has 0 rings (SSSR count). The summed E-state index contributed by atoms with van der Waals surface area (Å²) in [7, 11) is 0. The van der Waals surface area contributed by atoms with Crippen LogP contribution in [0, 0.1) is 5.92 Å². The maximum absolute atomic E-state index is 10.4. The molecule has 0 aliphatic rings. The summed E-state index contributed by atoms with van der Waals surface area (Å²) in [6.45, 7) is 3.05. The molecule has 0 spiro atoms. The minimum Gasteiger partial charge on any atom is -0.501 e. The van der Waals surface area contributed by atoms with E-state index in [4.69, 9.17) is 10.2 Å². The number of carboxylic acid groups (broad SMARTS) is 2. The standard InChI is InChI=1S/C7H10O5/c1-2-12-4-5(7(10)11)3-6(8)9/h2,5H,1,3-4H2,(H,8,9)(H,10,11). The lowest BCUT2D eigenvalue weighted by Crippen LogP contribution is -2.22. The highest BCUT2D eigenvalue weighted by Crippen LogP contribution is 2.04. The fraction of sp³-hybridized carbons (Fsp3) is 0.429. The van der Waals surface area contributed by atoms with Gasteiger partial charge in [0.1, 0.15) is 12.5 Å². The Morgan fingerprint density at radius 3 is 2.42 bits per heavy atom. The van der Waals surface area contributed by atoms with E-state index in [0.717, 1.165) is 6.26 Å². The molecule has 0 heterocycles. The van der Waals surface area contributed by atoms with E-state index in [1.54, 1.807) is 0 Å². The molecule has 0 aromatic rings. The molecule has 0 aliphatic heterocycles. The van der Waals surface area contributed by atoms with Crippen molar-refractivity contribution in [3.63, 3.8) is 0 Å². The molecule has 68 valence electrons. The number of ether oxygens (including phenoxy) is 1. The molecule has 5 heteroatoms. The monoisotopic (exact) mass is 174 g/mol. The number of carbonyl (C=O) groups is 2. The van der Waals surface area contributed by atoms with Crippen LogP contribution in [0.5, 0.6) is 0 Å². The Morgan fingerprint density at radius 1 is 1.50 bits per heavy atom. The maximum atomic E-state index is 10.4. The van der Waals surface area contributed by atoms with E-state index in [1.807, 2.05) is 0 Å². The first-order valence-corrected chi connectivity index (χ1v) is 3.25. The van der Waals surface area contributed by atoms with Crippen LogP contribution in [0.2, 0.25) is 0 Å². The van der Waals surface area contributed by atoms with Gasteiger partial charge < -0.3 is 14.9 Å². The number of rotatable bonds is 6. The molecule has 2 N–H and O–H groups in total. The Morgan fingerprint density at radius 2 is 2.08 bits per heavy atom. The lowest BCUT2D eigenvalue weighted by molar-refractivity contribution is -0.149. The Kier molecular flexibility index (Phi) is 4.52. The molecule has 0 aromatic carbocycles. The highest BCUT2D eigenvalue weighted by atomic mass is 16.5. The summed E-state index contributed by atoms with van der Waals surface area (Å²) in [5, 5.41) is 16.8. The summed E-state index contributed by atoms with van der Waals surface area (Å²) in [5.41, 5.74) is 0. The second-order valence-electron chi connectivity index (χ2n) is 2.13. The van der Waals surface area contributed by atoms with E-state index >= 15 is 0 Å². The molecule has 0 aromatic heterocycles. The van der Waals surface area contributed by atoms with Gasteiger partial charge in [-0.05, 0) is 0 Å². The SMILES string of the molecule is C=COCC(CC(=O)O)C(=O)O. The molecule has 1 unspecified atom stereocenters. The first-order chi connectivity index (χ1) is 5.57. The van der Waals surface area contributed by atoms with Gasteiger partial charge in [-0.15, -0.1) is 0 Å². The average Bonchev–Trinajstić information content (AvgIpc) is 1.96. The van der Waals surface area contributed by atoms with Crippen LogP contribution in [-0.2, 0) is 14.3 Å². The first kappa shape index (κ1) is 10.5. The lowest BCUT2D eigenvalue weighted by atomic mass is 10.1. The zero-order chi connectivity index (χ0) is 9.56. The Hall–Kier alpha value is -1.52. The minimum atomic E-state index is -1.18. The molecule has 5 nitrogen and oxygen atoms in total. The van der Waals surface area contributed by atoms with Crippen molar-refractivity contribution in [1.82, 2.24) is 0 Å². The number of hydrogen-bond donors (Lipinski definition) is 2. The van der Waals surface area contributed by atoms with E-state index in [1.165, 1.54) is 0 Å². The van der Waals surface area contributed by atoms with Gasteiger partial charge in [-0.3, -0.25) is 9.59 Å². The van der Waals surface area contributed by atoms with Crippen molar-refractivity contribution in [3.8, 4) is 0 Å². The smallest absolute Gasteiger partial charge is 0.310 e. The fourth-order valence-electron chi connectivity index (χ4n) is 0.613. The predicted octanol–water partition coefficient (Wildman–Crippen LogP) is 0.322. The van der Waals surface area contributed by atoms with E-state index in [-0.39, 0.29) is 6.61 Å². The molecule has 12 heavy (non-hydrogen) atoms. The van der Waals surface area contributed by atoms with Gasteiger partial charge >= 0.3 is 11.9 Å². The van der Waals surface area contributed by atoms with Crippen molar-refractivity contribution >= 4 is 11.9 Å². The maximum Gasteiger partial charge on any atom is 0.310 e.